The molecule has 0 unspecified atom stereocenters. The average Bonchev–Trinajstić information content (AvgIpc) is 2.43. The Hall–Kier alpha value is -1.62. The normalized spacial score (nSPS) is 12.3. The van der Waals surface area contributed by atoms with E-state index in [1.165, 1.54) is 12.1 Å². The van der Waals surface area contributed by atoms with E-state index in [0.717, 1.165) is 11.5 Å². The van der Waals surface area contributed by atoms with Gasteiger partial charge in [-0.25, -0.2) is 4.39 Å². The van der Waals surface area contributed by atoms with Crippen LogP contribution in [0, 0.1) is 5.82 Å². The zero-order valence-corrected chi connectivity index (χ0v) is 12.7. The van der Waals surface area contributed by atoms with Gasteiger partial charge in [0.25, 0.3) is 0 Å². The van der Waals surface area contributed by atoms with Crippen LogP contribution < -0.4 is 10.6 Å². The van der Waals surface area contributed by atoms with Crippen molar-refractivity contribution in [2.45, 2.75) is 19.3 Å². The Kier molecular flexibility index (Phi) is 6.45. The van der Waals surface area contributed by atoms with E-state index in [1.807, 2.05) is 12.1 Å². The minimum atomic E-state index is -0.213. The quantitative estimate of drug-likeness (QED) is 0.476. The van der Waals surface area contributed by atoms with Crippen LogP contribution in [0.1, 0.15) is 19.4 Å². The van der Waals surface area contributed by atoms with Gasteiger partial charge in [-0.15, -0.1) is 0 Å². The standard InChI is InChI=1S/C15H24FN3O/c1-15(2,12-5-7-13(16)8-6-12)11-19-14(17-3)18-9-10-20-4/h5-8H,9-11H2,1-4H3,(H2,17,18,19). The van der Waals surface area contributed by atoms with E-state index < -0.39 is 0 Å². The molecule has 4 nitrogen and oxygen atoms in total. The molecule has 0 radical (unpaired) electrons. The molecule has 1 rings (SSSR count). The number of hydrogen-bond donors (Lipinski definition) is 2. The van der Waals surface area contributed by atoms with Gasteiger partial charge in [-0.3, -0.25) is 4.99 Å². The van der Waals surface area contributed by atoms with Crippen molar-refractivity contribution in [1.29, 1.82) is 0 Å². The minimum Gasteiger partial charge on any atom is -0.383 e. The molecule has 0 saturated heterocycles. The van der Waals surface area contributed by atoms with Crippen molar-refractivity contribution in [3.63, 3.8) is 0 Å². The molecule has 0 aromatic heterocycles. The summed E-state index contributed by atoms with van der Waals surface area (Å²) in [6.07, 6.45) is 0. The van der Waals surface area contributed by atoms with Crippen molar-refractivity contribution < 1.29 is 9.13 Å². The molecule has 0 atom stereocenters. The first-order valence-corrected chi connectivity index (χ1v) is 6.69. The fraction of sp³-hybridized carbons (Fsp3) is 0.533. The van der Waals surface area contributed by atoms with Crippen LogP contribution in [0.25, 0.3) is 0 Å². The molecule has 0 saturated carbocycles. The molecule has 0 aliphatic heterocycles. The number of nitrogens with zero attached hydrogens (tertiary/aromatic N) is 1. The molecular weight excluding hydrogens is 257 g/mol. The Bertz CT molecular complexity index is 429. The van der Waals surface area contributed by atoms with Crippen LogP contribution in [0.4, 0.5) is 4.39 Å². The summed E-state index contributed by atoms with van der Waals surface area (Å²) < 4.78 is 17.9. The van der Waals surface area contributed by atoms with Gasteiger partial charge >= 0.3 is 0 Å². The molecule has 2 N–H and O–H groups in total. The highest BCUT2D eigenvalue weighted by Crippen LogP contribution is 2.22. The lowest BCUT2D eigenvalue weighted by molar-refractivity contribution is 0.203. The predicted molar refractivity (Wildman–Crippen MR) is 80.7 cm³/mol. The molecule has 20 heavy (non-hydrogen) atoms. The number of halogens is 1. The van der Waals surface area contributed by atoms with Gasteiger partial charge in [0.1, 0.15) is 5.82 Å². The van der Waals surface area contributed by atoms with E-state index in [4.69, 9.17) is 4.74 Å². The molecule has 112 valence electrons. The van der Waals surface area contributed by atoms with Crippen LogP contribution in [0.5, 0.6) is 0 Å². The summed E-state index contributed by atoms with van der Waals surface area (Å²) >= 11 is 0. The van der Waals surface area contributed by atoms with Crippen LogP contribution in [0.2, 0.25) is 0 Å². The Balaban J connectivity index is 2.55. The summed E-state index contributed by atoms with van der Waals surface area (Å²) in [7, 11) is 3.39. The summed E-state index contributed by atoms with van der Waals surface area (Å²) in [5.41, 5.74) is 0.964. The molecule has 1 aromatic rings. The average molecular weight is 281 g/mol. The first-order valence-electron chi connectivity index (χ1n) is 6.69. The maximum absolute atomic E-state index is 13.0. The second-order valence-corrected chi connectivity index (χ2v) is 5.24. The van der Waals surface area contributed by atoms with Crippen molar-refractivity contribution in [1.82, 2.24) is 10.6 Å². The zero-order chi connectivity index (χ0) is 15.0. The van der Waals surface area contributed by atoms with Gasteiger partial charge in [0.05, 0.1) is 6.61 Å². The molecule has 0 fully saturated rings. The molecule has 0 amide bonds. The molecule has 1 aromatic carbocycles. The lowest BCUT2D eigenvalue weighted by atomic mass is 9.84. The van der Waals surface area contributed by atoms with E-state index in [-0.39, 0.29) is 11.2 Å². The van der Waals surface area contributed by atoms with E-state index in [0.29, 0.717) is 19.7 Å². The minimum absolute atomic E-state index is 0.118. The van der Waals surface area contributed by atoms with Gasteiger partial charge < -0.3 is 15.4 Å². The lowest BCUT2D eigenvalue weighted by Gasteiger charge is -2.26. The maximum atomic E-state index is 13.0. The SMILES string of the molecule is CN=C(NCCOC)NCC(C)(C)c1ccc(F)cc1. The van der Waals surface area contributed by atoms with Crippen molar-refractivity contribution in [3.05, 3.63) is 35.6 Å². The number of methoxy groups -OCH3 is 1. The number of aliphatic imine (C=N–C) groups is 1. The fourth-order valence-corrected chi connectivity index (χ4v) is 1.80. The third kappa shape index (κ3) is 5.17. The summed E-state index contributed by atoms with van der Waals surface area (Å²) in [6, 6.07) is 6.61. The number of guanidine groups is 1. The monoisotopic (exact) mass is 281 g/mol. The smallest absolute Gasteiger partial charge is 0.191 e. The van der Waals surface area contributed by atoms with Crippen molar-refractivity contribution in [2.24, 2.45) is 4.99 Å². The van der Waals surface area contributed by atoms with Gasteiger partial charge in [0.15, 0.2) is 5.96 Å². The molecule has 5 heteroatoms. The Morgan fingerprint density at radius 2 is 1.90 bits per heavy atom. The number of ether oxygens (including phenoxy) is 1. The summed E-state index contributed by atoms with van der Waals surface area (Å²) in [4.78, 5) is 4.15. The highest BCUT2D eigenvalue weighted by molar-refractivity contribution is 5.79. The highest BCUT2D eigenvalue weighted by atomic mass is 19.1. The topological polar surface area (TPSA) is 45.7 Å². The Labute approximate surface area is 120 Å². The zero-order valence-electron chi connectivity index (χ0n) is 12.7. The van der Waals surface area contributed by atoms with Crippen LogP contribution in [0.3, 0.4) is 0 Å². The van der Waals surface area contributed by atoms with Gasteiger partial charge in [0, 0.05) is 32.7 Å². The predicted octanol–water partition coefficient (Wildman–Crippen LogP) is 1.91. The molecule has 0 aliphatic rings. The third-order valence-electron chi connectivity index (χ3n) is 3.15. The number of rotatable bonds is 6. The summed E-state index contributed by atoms with van der Waals surface area (Å²) in [5, 5.41) is 6.43. The van der Waals surface area contributed by atoms with Gasteiger partial charge in [-0.05, 0) is 17.7 Å². The van der Waals surface area contributed by atoms with Gasteiger partial charge in [0.2, 0.25) is 0 Å². The summed E-state index contributed by atoms with van der Waals surface area (Å²) in [5.74, 6) is 0.520. The van der Waals surface area contributed by atoms with Gasteiger partial charge in [-0.2, -0.15) is 0 Å². The lowest BCUT2D eigenvalue weighted by Crippen LogP contribution is -2.44. The van der Waals surface area contributed by atoms with Crippen molar-refractivity contribution in [3.8, 4) is 0 Å². The van der Waals surface area contributed by atoms with Gasteiger partial charge in [-0.1, -0.05) is 26.0 Å². The second-order valence-electron chi connectivity index (χ2n) is 5.24. The van der Waals surface area contributed by atoms with Crippen LogP contribution in [-0.4, -0.2) is 39.8 Å². The van der Waals surface area contributed by atoms with Crippen LogP contribution >= 0.6 is 0 Å². The highest BCUT2D eigenvalue weighted by Gasteiger charge is 2.20. The van der Waals surface area contributed by atoms with Crippen LogP contribution in [-0.2, 0) is 10.2 Å². The maximum Gasteiger partial charge on any atom is 0.191 e. The molecule has 0 heterocycles. The van der Waals surface area contributed by atoms with E-state index in [2.05, 4.69) is 29.5 Å². The molecular formula is C15H24FN3O. The first kappa shape index (κ1) is 16.4. The number of hydrogen-bond acceptors (Lipinski definition) is 2. The van der Waals surface area contributed by atoms with Crippen LogP contribution in [0.15, 0.2) is 29.3 Å². The van der Waals surface area contributed by atoms with E-state index in [9.17, 15) is 4.39 Å². The molecule has 0 aliphatic carbocycles. The van der Waals surface area contributed by atoms with Crippen molar-refractivity contribution >= 4 is 5.96 Å². The Morgan fingerprint density at radius 3 is 2.45 bits per heavy atom. The van der Waals surface area contributed by atoms with E-state index in [1.54, 1.807) is 14.2 Å². The third-order valence-corrected chi connectivity index (χ3v) is 3.15. The first-order chi connectivity index (χ1) is 9.49. The summed E-state index contributed by atoms with van der Waals surface area (Å²) in [6.45, 7) is 6.24. The van der Waals surface area contributed by atoms with E-state index >= 15 is 0 Å². The number of nitrogens with one attached hydrogen (secondary N) is 2. The number of benzene rings is 1. The fourth-order valence-electron chi connectivity index (χ4n) is 1.80. The molecule has 0 spiro atoms. The Morgan fingerprint density at radius 1 is 1.25 bits per heavy atom. The molecule has 0 bridgehead atoms. The second kappa shape index (κ2) is 7.85. The van der Waals surface area contributed by atoms with Crippen molar-refractivity contribution in [2.75, 3.05) is 33.9 Å². The largest absolute Gasteiger partial charge is 0.383 e.